The van der Waals surface area contributed by atoms with E-state index in [0.29, 0.717) is 0 Å². The quantitative estimate of drug-likeness (QED) is 0.188. The summed E-state index contributed by atoms with van der Waals surface area (Å²) in [5, 5.41) is 7.02. The SMILES string of the molecule is c1ccc(-n2c3ccccc3c3ccc4c(c5ccccc5n4-c4cc(-c5ccnc6ccccc56)nc(-c5ccnc6ccccc56)c4)c32)cc1. The fraction of sp³-hybridized carbons (Fsp3) is 0. The van der Waals surface area contributed by atoms with Crippen molar-refractivity contribution in [2.45, 2.75) is 0 Å². The maximum absolute atomic E-state index is 5.40. The molecule has 0 aliphatic carbocycles. The van der Waals surface area contributed by atoms with Gasteiger partial charge in [0, 0.05) is 61.5 Å². The molecule has 5 heterocycles. The van der Waals surface area contributed by atoms with Gasteiger partial charge in [-0.05, 0) is 66.7 Å². The van der Waals surface area contributed by atoms with E-state index in [1.165, 1.54) is 32.6 Å². The van der Waals surface area contributed by atoms with E-state index in [4.69, 9.17) is 4.98 Å². The largest absolute Gasteiger partial charge is 0.309 e. The number of hydrogen-bond donors (Lipinski definition) is 0. The molecule has 0 atom stereocenters. The van der Waals surface area contributed by atoms with Gasteiger partial charge in [0.15, 0.2) is 0 Å². The zero-order chi connectivity index (χ0) is 34.2. The summed E-state index contributed by atoms with van der Waals surface area (Å²) < 4.78 is 4.85. The lowest BCUT2D eigenvalue weighted by Crippen LogP contribution is -1.99. The minimum atomic E-state index is 0.886. The highest BCUT2D eigenvalue weighted by Crippen LogP contribution is 2.43. The van der Waals surface area contributed by atoms with Crippen LogP contribution in [0.25, 0.3) is 99.3 Å². The van der Waals surface area contributed by atoms with E-state index >= 15 is 0 Å². The highest BCUT2D eigenvalue weighted by atomic mass is 15.0. The number of benzene rings is 6. The summed E-state index contributed by atoms with van der Waals surface area (Å²) in [6.45, 7) is 0. The lowest BCUT2D eigenvalue weighted by atomic mass is 10.0. The summed E-state index contributed by atoms with van der Waals surface area (Å²) in [6, 6.07) is 58.0. The molecule has 5 nitrogen and oxygen atoms in total. The lowest BCUT2D eigenvalue weighted by molar-refractivity contribution is 1.16. The van der Waals surface area contributed by atoms with Gasteiger partial charge in [-0.15, -0.1) is 0 Å². The second-order valence-electron chi connectivity index (χ2n) is 13.2. The molecule has 5 aromatic heterocycles. The van der Waals surface area contributed by atoms with Crippen LogP contribution in [0, 0.1) is 0 Å². The summed E-state index contributed by atoms with van der Waals surface area (Å²) in [4.78, 5) is 14.8. The van der Waals surface area contributed by atoms with Crippen molar-refractivity contribution in [3.05, 3.63) is 176 Å². The van der Waals surface area contributed by atoms with E-state index < -0.39 is 0 Å². The molecule has 0 saturated heterocycles. The van der Waals surface area contributed by atoms with Crippen molar-refractivity contribution < 1.29 is 0 Å². The predicted octanol–water partition coefficient (Wildman–Crippen LogP) is 11.7. The highest BCUT2D eigenvalue weighted by Gasteiger charge is 2.22. The Morgan fingerprint density at radius 1 is 0.365 bits per heavy atom. The van der Waals surface area contributed by atoms with Crippen molar-refractivity contribution in [3.8, 4) is 33.9 Å². The Hall–Kier alpha value is -7.11. The van der Waals surface area contributed by atoms with Crippen LogP contribution in [-0.4, -0.2) is 24.1 Å². The number of aromatic nitrogens is 5. The topological polar surface area (TPSA) is 48.5 Å². The number of para-hydroxylation sites is 5. The maximum atomic E-state index is 5.40. The van der Waals surface area contributed by atoms with Crippen LogP contribution in [0.3, 0.4) is 0 Å². The Balaban J connectivity index is 1.28. The summed E-state index contributed by atoms with van der Waals surface area (Å²) in [5.41, 5.74) is 12.6. The van der Waals surface area contributed by atoms with E-state index in [1.54, 1.807) is 0 Å². The van der Waals surface area contributed by atoms with Crippen molar-refractivity contribution in [3.63, 3.8) is 0 Å². The molecule has 0 spiro atoms. The van der Waals surface area contributed by atoms with Gasteiger partial charge >= 0.3 is 0 Å². The monoisotopic (exact) mass is 663 g/mol. The molecule has 0 radical (unpaired) electrons. The van der Waals surface area contributed by atoms with Gasteiger partial charge in [-0.1, -0.05) is 97.1 Å². The van der Waals surface area contributed by atoms with Gasteiger partial charge in [-0.3, -0.25) is 9.97 Å². The minimum Gasteiger partial charge on any atom is -0.309 e. The normalized spacial score (nSPS) is 11.8. The van der Waals surface area contributed by atoms with Gasteiger partial charge in [-0.25, -0.2) is 4.98 Å². The molecular weight excluding hydrogens is 635 g/mol. The first-order chi connectivity index (χ1) is 25.8. The van der Waals surface area contributed by atoms with Crippen LogP contribution in [0.15, 0.2) is 176 Å². The van der Waals surface area contributed by atoms with Crippen LogP contribution in [-0.2, 0) is 0 Å². The van der Waals surface area contributed by atoms with Gasteiger partial charge in [0.25, 0.3) is 0 Å². The standard InChI is InChI=1S/C47H29N5/c1-2-12-30(13-3-1)52-43-20-10-6-16-36(43)37-22-23-45-46(47(37)52)38-17-7-11-21-44(38)51(45)31-28-41(34-24-26-48-39-18-8-4-14-32(34)39)50-42(29-31)35-25-27-49-40-19-9-5-15-33(35)40/h1-29H. The molecule has 52 heavy (non-hydrogen) atoms. The molecule has 6 aromatic carbocycles. The van der Waals surface area contributed by atoms with Gasteiger partial charge in [0.05, 0.1) is 50.2 Å². The zero-order valence-electron chi connectivity index (χ0n) is 28.0. The number of hydrogen-bond acceptors (Lipinski definition) is 3. The molecule has 0 aliphatic rings. The molecule has 0 bridgehead atoms. The highest BCUT2D eigenvalue weighted by molar-refractivity contribution is 6.26. The fourth-order valence-electron chi connectivity index (χ4n) is 8.19. The third kappa shape index (κ3) is 4.20. The molecule has 242 valence electrons. The van der Waals surface area contributed by atoms with Crippen LogP contribution >= 0.6 is 0 Å². The van der Waals surface area contributed by atoms with Gasteiger partial charge in [0.2, 0.25) is 0 Å². The molecule has 11 aromatic rings. The third-order valence-electron chi connectivity index (χ3n) is 10.4. The van der Waals surface area contributed by atoms with E-state index in [9.17, 15) is 0 Å². The van der Waals surface area contributed by atoms with Crippen LogP contribution in [0.1, 0.15) is 0 Å². The first-order valence-corrected chi connectivity index (χ1v) is 17.5. The van der Waals surface area contributed by atoms with Crippen molar-refractivity contribution in [2.75, 3.05) is 0 Å². The number of nitrogens with zero attached hydrogens (tertiary/aromatic N) is 5. The Labute approximate surface area is 298 Å². The average molecular weight is 664 g/mol. The second-order valence-corrected chi connectivity index (χ2v) is 13.2. The lowest BCUT2D eigenvalue weighted by Gasteiger charge is -2.15. The second kappa shape index (κ2) is 11.2. The van der Waals surface area contributed by atoms with E-state index in [2.05, 4.69) is 171 Å². The number of fused-ring (bicyclic) bond motifs is 9. The van der Waals surface area contributed by atoms with Gasteiger partial charge in [0.1, 0.15) is 0 Å². The summed E-state index contributed by atoms with van der Waals surface area (Å²) >= 11 is 0. The van der Waals surface area contributed by atoms with Gasteiger partial charge in [-0.2, -0.15) is 0 Å². The van der Waals surface area contributed by atoms with E-state index in [-0.39, 0.29) is 0 Å². The Kier molecular flexibility index (Phi) is 6.18. The molecule has 0 fully saturated rings. The molecule has 0 N–H and O–H groups in total. The van der Waals surface area contributed by atoms with Crippen LogP contribution < -0.4 is 0 Å². The van der Waals surface area contributed by atoms with E-state index in [1.807, 2.05) is 24.5 Å². The Morgan fingerprint density at radius 3 is 1.56 bits per heavy atom. The first kappa shape index (κ1) is 28.7. The average Bonchev–Trinajstić information content (AvgIpc) is 3.73. The molecule has 0 amide bonds. The first-order valence-electron chi connectivity index (χ1n) is 17.5. The minimum absolute atomic E-state index is 0.886. The smallest absolute Gasteiger partial charge is 0.0737 e. The zero-order valence-corrected chi connectivity index (χ0v) is 28.0. The van der Waals surface area contributed by atoms with Crippen LogP contribution in [0.5, 0.6) is 0 Å². The predicted molar refractivity (Wildman–Crippen MR) is 214 cm³/mol. The third-order valence-corrected chi connectivity index (χ3v) is 10.4. The molecule has 11 rings (SSSR count). The molecule has 0 unspecified atom stereocenters. The Bertz CT molecular complexity index is 3080. The van der Waals surface area contributed by atoms with Gasteiger partial charge < -0.3 is 9.13 Å². The maximum Gasteiger partial charge on any atom is 0.0737 e. The molecule has 0 saturated carbocycles. The number of rotatable bonds is 4. The molecular formula is C47H29N5. The fourth-order valence-corrected chi connectivity index (χ4v) is 8.19. The van der Waals surface area contributed by atoms with Crippen molar-refractivity contribution in [2.24, 2.45) is 0 Å². The van der Waals surface area contributed by atoms with Crippen molar-refractivity contribution in [1.82, 2.24) is 24.1 Å². The summed E-state index contributed by atoms with van der Waals surface area (Å²) in [6.07, 6.45) is 3.76. The molecule has 5 heteroatoms. The molecule has 0 aliphatic heterocycles. The Morgan fingerprint density at radius 2 is 0.904 bits per heavy atom. The summed E-state index contributed by atoms with van der Waals surface area (Å²) in [7, 11) is 0. The van der Waals surface area contributed by atoms with E-state index in [0.717, 1.165) is 66.7 Å². The van der Waals surface area contributed by atoms with Crippen LogP contribution in [0.4, 0.5) is 0 Å². The van der Waals surface area contributed by atoms with Crippen molar-refractivity contribution in [1.29, 1.82) is 0 Å². The van der Waals surface area contributed by atoms with Crippen LogP contribution in [0.2, 0.25) is 0 Å². The summed E-state index contributed by atoms with van der Waals surface area (Å²) in [5.74, 6) is 0. The van der Waals surface area contributed by atoms with Crippen molar-refractivity contribution >= 4 is 65.4 Å². The number of pyridine rings is 3.